The number of aromatic nitrogens is 2. The van der Waals surface area contributed by atoms with E-state index in [1.54, 1.807) is 0 Å². The smallest absolute Gasteiger partial charge is 0.306 e. The van der Waals surface area contributed by atoms with Gasteiger partial charge in [-0.3, -0.25) is 9.59 Å². The van der Waals surface area contributed by atoms with E-state index in [0.29, 0.717) is 31.7 Å². The molecule has 3 N–H and O–H groups in total. The number of carbonyl (C=O) groups excluding carboxylic acids is 1. The van der Waals surface area contributed by atoms with Crippen LogP contribution in [0.5, 0.6) is 0 Å². The van der Waals surface area contributed by atoms with E-state index in [0.717, 1.165) is 0 Å². The summed E-state index contributed by atoms with van der Waals surface area (Å²) in [5.74, 6) is -1.03. The van der Waals surface area contributed by atoms with Crippen molar-refractivity contribution in [2.45, 2.75) is 12.8 Å². The highest BCUT2D eigenvalue weighted by atomic mass is 16.4. The summed E-state index contributed by atoms with van der Waals surface area (Å²) in [5.41, 5.74) is 5.32. The first-order valence-corrected chi connectivity index (χ1v) is 5.67. The number of aliphatic carboxylic acids is 1. The second-order valence-electron chi connectivity index (χ2n) is 4.23. The number of nitrogens with two attached hydrogens (primary N) is 1. The maximum Gasteiger partial charge on any atom is 0.306 e. The summed E-state index contributed by atoms with van der Waals surface area (Å²) in [6.07, 6.45) is 2.44. The molecule has 2 heterocycles. The number of amides is 1. The van der Waals surface area contributed by atoms with E-state index in [-0.39, 0.29) is 11.6 Å². The minimum Gasteiger partial charge on any atom is -0.481 e. The van der Waals surface area contributed by atoms with Crippen molar-refractivity contribution in [3.8, 4) is 0 Å². The summed E-state index contributed by atoms with van der Waals surface area (Å²) >= 11 is 0. The summed E-state index contributed by atoms with van der Waals surface area (Å²) in [4.78, 5) is 31.6. The zero-order valence-corrected chi connectivity index (χ0v) is 9.74. The molecule has 1 saturated heterocycles. The van der Waals surface area contributed by atoms with Crippen LogP contribution >= 0.6 is 0 Å². The zero-order valence-electron chi connectivity index (χ0n) is 9.74. The van der Waals surface area contributed by atoms with Crippen LogP contribution in [0, 0.1) is 5.92 Å². The van der Waals surface area contributed by atoms with Crippen molar-refractivity contribution in [2.24, 2.45) is 11.7 Å². The van der Waals surface area contributed by atoms with Crippen LogP contribution in [-0.2, 0) is 4.79 Å². The number of piperidine rings is 1. The summed E-state index contributed by atoms with van der Waals surface area (Å²) < 4.78 is 0. The van der Waals surface area contributed by atoms with Crippen LogP contribution in [0.25, 0.3) is 0 Å². The van der Waals surface area contributed by atoms with E-state index in [1.807, 2.05) is 4.90 Å². The maximum atomic E-state index is 11.0. The highest BCUT2D eigenvalue weighted by Gasteiger charge is 2.25. The molecule has 1 aliphatic heterocycles. The van der Waals surface area contributed by atoms with E-state index in [4.69, 9.17) is 10.8 Å². The normalized spacial score (nSPS) is 16.6. The van der Waals surface area contributed by atoms with E-state index < -0.39 is 11.9 Å². The number of primary amides is 1. The number of hydrogen-bond donors (Lipinski definition) is 2. The zero-order chi connectivity index (χ0) is 13.1. The number of carbonyl (C=O) groups is 2. The van der Waals surface area contributed by atoms with Gasteiger partial charge in [-0.1, -0.05) is 0 Å². The molecular weight excluding hydrogens is 236 g/mol. The highest BCUT2D eigenvalue weighted by molar-refractivity contribution is 5.91. The third-order valence-electron chi connectivity index (χ3n) is 3.07. The molecule has 7 nitrogen and oxygen atoms in total. The fraction of sp³-hybridized carbons (Fsp3) is 0.455. The maximum absolute atomic E-state index is 11.0. The summed E-state index contributed by atoms with van der Waals surface area (Å²) in [6, 6.07) is 1.53. The van der Waals surface area contributed by atoms with Crippen LogP contribution in [0.1, 0.15) is 23.3 Å². The molecule has 1 aromatic heterocycles. The molecule has 7 heteroatoms. The molecule has 1 amide bonds. The number of anilines is 1. The van der Waals surface area contributed by atoms with Crippen molar-refractivity contribution in [3.63, 3.8) is 0 Å². The van der Waals surface area contributed by atoms with Crippen LogP contribution in [0.4, 0.5) is 5.82 Å². The standard InChI is InChI=1S/C11H14N4O3/c12-10(16)8-5-9(14-6-13-8)15-3-1-7(2-4-15)11(17)18/h5-7H,1-4H2,(H2,12,16)(H,17,18). The Labute approximate surface area is 104 Å². The predicted octanol–water partition coefficient (Wildman–Crippen LogP) is -0.124. The van der Waals surface area contributed by atoms with Crippen molar-refractivity contribution in [1.29, 1.82) is 0 Å². The van der Waals surface area contributed by atoms with E-state index >= 15 is 0 Å². The van der Waals surface area contributed by atoms with Gasteiger partial charge in [-0.15, -0.1) is 0 Å². The molecule has 96 valence electrons. The first-order valence-electron chi connectivity index (χ1n) is 5.67. The molecule has 0 atom stereocenters. The predicted molar refractivity (Wildman–Crippen MR) is 63.1 cm³/mol. The third-order valence-corrected chi connectivity index (χ3v) is 3.07. The topological polar surface area (TPSA) is 109 Å². The Morgan fingerprint density at radius 2 is 2.00 bits per heavy atom. The van der Waals surface area contributed by atoms with Gasteiger partial charge in [0, 0.05) is 19.2 Å². The minimum atomic E-state index is -0.754. The van der Waals surface area contributed by atoms with Gasteiger partial charge in [-0.2, -0.15) is 0 Å². The number of carboxylic acids is 1. The third kappa shape index (κ3) is 2.55. The van der Waals surface area contributed by atoms with Gasteiger partial charge < -0.3 is 15.7 Å². The molecular formula is C11H14N4O3. The van der Waals surface area contributed by atoms with E-state index in [2.05, 4.69) is 9.97 Å². The summed E-state index contributed by atoms with van der Waals surface area (Å²) in [6.45, 7) is 1.21. The largest absolute Gasteiger partial charge is 0.481 e. The van der Waals surface area contributed by atoms with Gasteiger partial charge in [-0.25, -0.2) is 9.97 Å². The Bertz CT molecular complexity index is 469. The quantitative estimate of drug-likeness (QED) is 0.773. The first-order chi connectivity index (χ1) is 8.58. The van der Waals surface area contributed by atoms with Gasteiger partial charge in [0.25, 0.3) is 5.91 Å². The number of carboxylic acid groups (broad SMARTS) is 1. The summed E-state index contributed by atoms with van der Waals surface area (Å²) in [5, 5.41) is 8.91. The van der Waals surface area contributed by atoms with Crippen LogP contribution in [0.2, 0.25) is 0 Å². The van der Waals surface area contributed by atoms with Gasteiger partial charge in [0.15, 0.2) is 0 Å². The lowest BCUT2D eigenvalue weighted by Crippen LogP contribution is -2.37. The monoisotopic (exact) mass is 250 g/mol. The van der Waals surface area contributed by atoms with Crippen molar-refractivity contribution < 1.29 is 14.7 Å². The van der Waals surface area contributed by atoms with Crippen molar-refractivity contribution in [1.82, 2.24) is 9.97 Å². The van der Waals surface area contributed by atoms with Crippen LogP contribution in [-0.4, -0.2) is 40.0 Å². The highest BCUT2D eigenvalue weighted by Crippen LogP contribution is 2.21. The molecule has 0 aliphatic carbocycles. The molecule has 0 bridgehead atoms. The van der Waals surface area contributed by atoms with E-state index in [9.17, 15) is 9.59 Å². The molecule has 1 fully saturated rings. The Balaban J connectivity index is 2.07. The number of hydrogen-bond acceptors (Lipinski definition) is 5. The Morgan fingerprint density at radius 3 is 2.56 bits per heavy atom. The molecule has 0 aromatic carbocycles. The lowest BCUT2D eigenvalue weighted by Gasteiger charge is -2.30. The van der Waals surface area contributed by atoms with Crippen molar-refractivity contribution >= 4 is 17.7 Å². The van der Waals surface area contributed by atoms with Crippen LogP contribution < -0.4 is 10.6 Å². The lowest BCUT2D eigenvalue weighted by atomic mass is 9.97. The number of rotatable bonds is 3. The molecule has 2 rings (SSSR count). The summed E-state index contributed by atoms with van der Waals surface area (Å²) in [7, 11) is 0. The molecule has 1 aliphatic rings. The Morgan fingerprint density at radius 1 is 1.33 bits per heavy atom. The van der Waals surface area contributed by atoms with Crippen LogP contribution in [0.15, 0.2) is 12.4 Å². The van der Waals surface area contributed by atoms with Gasteiger partial charge >= 0.3 is 5.97 Å². The molecule has 0 spiro atoms. The van der Waals surface area contributed by atoms with Gasteiger partial charge in [-0.05, 0) is 12.8 Å². The second kappa shape index (κ2) is 4.99. The molecule has 0 radical (unpaired) electrons. The van der Waals surface area contributed by atoms with Crippen molar-refractivity contribution in [3.05, 3.63) is 18.1 Å². The number of nitrogens with zero attached hydrogens (tertiary/aromatic N) is 3. The molecule has 18 heavy (non-hydrogen) atoms. The Hall–Kier alpha value is -2.18. The van der Waals surface area contributed by atoms with Gasteiger partial charge in [0.2, 0.25) is 0 Å². The molecule has 1 aromatic rings. The minimum absolute atomic E-state index is 0.167. The second-order valence-corrected chi connectivity index (χ2v) is 4.23. The van der Waals surface area contributed by atoms with Crippen molar-refractivity contribution in [2.75, 3.05) is 18.0 Å². The fourth-order valence-corrected chi connectivity index (χ4v) is 2.01. The molecule has 0 unspecified atom stereocenters. The van der Waals surface area contributed by atoms with Gasteiger partial charge in [0.1, 0.15) is 17.8 Å². The van der Waals surface area contributed by atoms with E-state index in [1.165, 1.54) is 12.4 Å². The average molecular weight is 250 g/mol. The average Bonchev–Trinajstić information content (AvgIpc) is 2.39. The first kappa shape index (κ1) is 12.3. The molecule has 0 saturated carbocycles. The van der Waals surface area contributed by atoms with Gasteiger partial charge in [0.05, 0.1) is 5.92 Å². The lowest BCUT2D eigenvalue weighted by molar-refractivity contribution is -0.142. The van der Waals surface area contributed by atoms with Crippen LogP contribution in [0.3, 0.4) is 0 Å². The SMILES string of the molecule is NC(=O)c1cc(N2CCC(C(=O)O)CC2)ncn1. The fourth-order valence-electron chi connectivity index (χ4n) is 2.01. The Kier molecular flexibility index (Phi) is 3.40.